The van der Waals surface area contributed by atoms with Gasteiger partial charge in [0.2, 0.25) is 11.8 Å². The first kappa shape index (κ1) is 15.4. The zero-order chi connectivity index (χ0) is 17.5. The molecule has 5 heteroatoms. The molecule has 0 aromatic heterocycles. The Labute approximate surface area is 147 Å². The molecule has 2 amide bonds. The summed E-state index contributed by atoms with van der Waals surface area (Å²) in [5.41, 5.74) is 2.16. The lowest BCUT2D eigenvalue weighted by Crippen LogP contribution is -2.75. The van der Waals surface area contributed by atoms with Crippen molar-refractivity contribution in [3.8, 4) is 0 Å². The van der Waals surface area contributed by atoms with Crippen molar-refractivity contribution in [2.75, 3.05) is 11.4 Å². The number of rotatable bonds is 0. The van der Waals surface area contributed by atoms with E-state index < -0.39 is 6.10 Å². The lowest BCUT2D eigenvalue weighted by Gasteiger charge is -2.65. The summed E-state index contributed by atoms with van der Waals surface area (Å²) in [6, 6.07) is 8.17. The van der Waals surface area contributed by atoms with Gasteiger partial charge in [0.05, 0.1) is 18.2 Å². The number of nitrogens with zero attached hydrogens (tertiary/aromatic N) is 2. The maximum absolute atomic E-state index is 12.6. The molecule has 1 N–H and O–H groups in total. The van der Waals surface area contributed by atoms with Gasteiger partial charge < -0.3 is 14.9 Å². The first-order valence-corrected chi connectivity index (χ1v) is 9.33. The number of anilines is 1. The van der Waals surface area contributed by atoms with Gasteiger partial charge >= 0.3 is 0 Å². The van der Waals surface area contributed by atoms with Gasteiger partial charge in [0.1, 0.15) is 0 Å². The number of hydrogen-bond acceptors (Lipinski definition) is 3. The molecule has 25 heavy (non-hydrogen) atoms. The topological polar surface area (TPSA) is 60.9 Å². The molecular formula is C20H24N2O3. The van der Waals surface area contributed by atoms with E-state index in [4.69, 9.17) is 0 Å². The van der Waals surface area contributed by atoms with E-state index in [1.165, 1.54) is 5.56 Å². The first-order chi connectivity index (χ1) is 12.0. The van der Waals surface area contributed by atoms with Crippen LogP contribution in [0.15, 0.2) is 24.3 Å². The predicted molar refractivity (Wildman–Crippen MR) is 93.1 cm³/mol. The Bertz CT molecular complexity index is 778. The lowest BCUT2D eigenvalue weighted by molar-refractivity contribution is -0.171. The second-order valence-electron chi connectivity index (χ2n) is 8.18. The van der Waals surface area contributed by atoms with Crippen LogP contribution in [0.3, 0.4) is 0 Å². The van der Waals surface area contributed by atoms with E-state index in [2.05, 4.69) is 12.1 Å². The van der Waals surface area contributed by atoms with E-state index in [0.29, 0.717) is 6.54 Å². The van der Waals surface area contributed by atoms with Crippen LogP contribution in [-0.4, -0.2) is 46.6 Å². The average Bonchev–Trinajstić information content (AvgIpc) is 2.89. The van der Waals surface area contributed by atoms with Crippen LogP contribution in [0, 0.1) is 11.8 Å². The Hall–Kier alpha value is -1.88. The van der Waals surface area contributed by atoms with E-state index in [1.54, 1.807) is 13.8 Å². The second-order valence-corrected chi connectivity index (χ2v) is 8.18. The zero-order valence-corrected chi connectivity index (χ0v) is 14.7. The van der Waals surface area contributed by atoms with Gasteiger partial charge in [-0.25, -0.2) is 0 Å². The highest BCUT2D eigenvalue weighted by Gasteiger charge is 2.70. The van der Waals surface area contributed by atoms with Crippen molar-refractivity contribution in [3.05, 3.63) is 29.8 Å². The molecule has 4 fully saturated rings. The van der Waals surface area contributed by atoms with Gasteiger partial charge in [-0.15, -0.1) is 0 Å². The fourth-order valence-electron chi connectivity index (χ4n) is 6.78. The number of carbonyl (C=O) groups excluding carboxylic acids is 2. The van der Waals surface area contributed by atoms with E-state index in [0.717, 1.165) is 24.9 Å². The molecule has 1 aromatic rings. The second kappa shape index (κ2) is 4.85. The van der Waals surface area contributed by atoms with E-state index in [9.17, 15) is 14.7 Å². The Morgan fingerprint density at radius 1 is 1.16 bits per heavy atom. The van der Waals surface area contributed by atoms with Crippen LogP contribution >= 0.6 is 0 Å². The highest BCUT2D eigenvalue weighted by atomic mass is 16.3. The zero-order valence-electron chi connectivity index (χ0n) is 14.7. The summed E-state index contributed by atoms with van der Waals surface area (Å²) >= 11 is 0. The van der Waals surface area contributed by atoms with Crippen molar-refractivity contribution < 1.29 is 14.7 Å². The number of piperidine rings is 1. The minimum absolute atomic E-state index is 0.0292. The van der Waals surface area contributed by atoms with Gasteiger partial charge in [0, 0.05) is 37.4 Å². The van der Waals surface area contributed by atoms with Crippen LogP contribution in [0.4, 0.5) is 5.69 Å². The van der Waals surface area contributed by atoms with Crippen LogP contribution < -0.4 is 4.90 Å². The molecular weight excluding hydrogens is 316 g/mol. The van der Waals surface area contributed by atoms with Gasteiger partial charge in [0.25, 0.3) is 0 Å². The van der Waals surface area contributed by atoms with Crippen molar-refractivity contribution in [2.45, 2.75) is 56.7 Å². The monoisotopic (exact) mass is 340 g/mol. The molecule has 1 saturated heterocycles. The van der Waals surface area contributed by atoms with E-state index in [1.807, 2.05) is 21.9 Å². The molecule has 0 radical (unpaired) electrons. The number of amides is 2. The third-order valence-electron chi connectivity index (χ3n) is 7.42. The fraction of sp³-hybridized carbons (Fsp3) is 0.600. The standard InChI is InChI=1S/C20H24N2O3/c1-11(23)21-10-9-20-14-5-3-4-6-16(14)22(12(2)24)19(20)13-7-8-15(20)17(21)18(13)25/h3-6,13,15,17-19,25H,7-10H2,1-2H3. The normalized spacial score (nSPS) is 40.7. The summed E-state index contributed by atoms with van der Waals surface area (Å²) in [5.74, 6) is 0.367. The van der Waals surface area contributed by atoms with Crippen molar-refractivity contribution in [1.29, 1.82) is 0 Å². The van der Waals surface area contributed by atoms with Gasteiger partial charge in [-0.1, -0.05) is 18.2 Å². The van der Waals surface area contributed by atoms with Gasteiger partial charge in [-0.05, 0) is 36.8 Å². The van der Waals surface area contributed by atoms with Crippen LogP contribution in [-0.2, 0) is 15.0 Å². The lowest BCUT2D eigenvalue weighted by atomic mass is 9.46. The molecule has 1 spiro atoms. The molecule has 4 bridgehead atoms. The highest BCUT2D eigenvalue weighted by Crippen LogP contribution is 2.65. The SMILES string of the molecule is CC(=O)N1CCC23c4ccccc4N(C(C)=O)C2C2CCC3C1C2O. The maximum atomic E-state index is 12.6. The van der Waals surface area contributed by atoms with Crippen LogP contribution in [0.1, 0.15) is 38.7 Å². The molecule has 6 rings (SSSR count). The highest BCUT2D eigenvalue weighted by molar-refractivity contribution is 5.96. The molecule has 1 aromatic carbocycles. The first-order valence-electron chi connectivity index (χ1n) is 9.33. The Kier molecular flexibility index (Phi) is 2.98. The average molecular weight is 340 g/mol. The molecule has 3 aliphatic carbocycles. The molecule has 3 saturated carbocycles. The number of carbonyl (C=O) groups is 2. The van der Waals surface area contributed by atoms with Crippen molar-refractivity contribution >= 4 is 17.5 Å². The number of fused-ring (bicyclic) bond motifs is 2. The molecule has 5 aliphatic rings. The smallest absolute Gasteiger partial charge is 0.224 e. The Morgan fingerprint density at radius 2 is 1.92 bits per heavy atom. The number of benzene rings is 1. The Balaban J connectivity index is 1.74. The molecule has 6 unspecified atom stereocenters. The summed E-state index contributed by atoms with van der Waals surface area (Å²) in [6.45, 7) is 3.90. The molecule has 2 aliphatic heterocycles. The van der Waals surface area contributed by atoms with Gasteiger partial charge in [0.15, 0.2) is 0 Å². The third-order valence-corrected chi connectivity index (χ3v) is 7.42. The fourth-order valence-corrected chi connectivity index (χ4v) is 6.78. The van der Waals surface area contributed by atoms with E-state index in [-0.39, 0.29) is 41.1 Å². The third kappa shape index (κ3) is 1.63. The largest absolute Gasteiger partial charge is 0.391 e. The number of para-hydroxylation sites is 1. The number of likely N-dealkylation sites (tertiary alicyclic amines) is 1. The van der Waals surface area contributed by atoms with Crippen molar-refractivity contribution in [1.82, 2.24) is 4.90 Å². The molecule has 2 heterocycles. The quantitative estimate of drug-likeness (QED) is 0.782. The van der Waals surface area contributed by atoms with Crippen LogP contribution in [0.2, 0.25) is 0 Å². The molecule has 132 valence electrons. The van der Waals surface area contributed by atoms with Gasteiger partial charge in [-0.3, -0.25) is 9.59 Å². The Morgan fingerprint density at radius 3 is 2.64 bits per heavy atom. The van der Waals surface area contributed by atoms with Gasteiger partial charge in [-0.2, -0.15) is 0 Å². The number of aliphatic hydroxyl groups is 1. The summed E-state index contributed by atoms with van der Waals surface area (Å²) in [7, 11) is 0. The van der Waals surface area contributed by atoms with Crippen LogP contribution in [0.5, 0.6) is 0 Å². The minimum atomic E-state index is -0.544. The summed E-state index contributed by atoms with van der Waals surface area (Å²) < 4.78 is 0. The number of hydrogen-bond donors (Lipinski definition) is 1. The van der Waals surface area contributed by atoms with Crippen molar-refractivity contribution in [2.24, 2.45) is 11.8 Å². The van der Waals surface area contributed by atoms with E-state index >= 15 is 0 Å². The van der Waals surface area contributed by atoms with Crippen LogP contribution in [0.25, 0.3) is 0 Å². The summed E-state index contributed by atoms with van der Waals surface area (Å²) in [6.07, 6.45) is 2.28. The molecule has 5 nitrogen and oxygen atoms in total. The number of aliphatic hydroxyl groups excluding tert-OH is 1. The maximum Gasteiger partial charge on any atom is 0.224 e. The molecule has 6 atom stereocenters. The minimum Gasteiger partial charge on any atom is -0.391 e. The predicted octanol–water partition coefficient (Wildman–Crippen LogP) is 1.68. The van der Waals surface area contributed by atoms with Crippen molar-refractivity contribution in [3.63, 3.8) is 0 Å². The summed E-state index contributed by atoms with van der Waals surface area (Å²) in [4.78, 5) is 28.6. The summed E-state index contributed by atoms with van der Waals surface area (Å²) in [5, 5.41) is 11.1.